The van der Waals surface area contributed by atoms with Crippen molar-refractivity contribution < 1.29 is 22.4 Å². The summed E-state index contributed by atoms with van der Waals surface area (Å²) in [7, 11) is 1.81. The minimum absolute atomic E-state index is 0.131. The molecule has 0 atom stereocenters. The van der Waals surface area contributed by atoms with E-state index in [1.807, 2.05) is 18.1 Å². The van der Waals surface area contributed by atoms with E-state index in [9.17, 15) is 22.4 Å². The lowest BCUT2D eigenvalue weighted by molar-refractivity contribution is -0.138. The van der Waals surface area contributed by atoms with Crippen molar-refractivity contribution in [1.82, 2.24) is 19.7 Å². The van der Waals surface area contributed by atoms with Crippen LogP contribution >= 0.6 is 0 Å². The SMILES string of the molecule is Cn1cc2c(n1)CN(c1nc(NCc3c(F)cccc3C(F)(F)F)c3cccc(C(N)=O)c3n1)C2. The predicted octanol–water partition coefficient (Wildman–Crippen LogP) is 3.75. The molecule has 2 aromatic heterocycles. The number of para-hydroxylation sites is 1. The van der Waals surface area contributed by atoms with Crippen LogP contribution in [0.2, 0.25) is 0 Å². The number of benzene rings is 2. The molecule has 180 valence electrons. The highest BCUT2D eigenvalue weighted by Gasteiger charge is 2.34. The summed E-state index contributed by atoms with van der Waals surface area (Å²) < 4.78 is 56.5. The Morgan fingerprint density at radius 3 is 2.63 bits per heavy atom. The van der Waals surface area contributed by atoms with Gasteiger partial charge in [0.05, 0.1) is 28.9 Å². The quantitative estimate of drug-likeness (QED) is 0.418. The van der Waals surface area contributed by atoms with Crippen LogP contribution in [0, 0.1) is 5.82 Å². The second-order valence-corrected chi connectivity index (χ2v) is 8.19. The Morgan fingerprint density at radius 1 is 1.14 bits per heavy atom. The number of carbonyl (C=O) groups excluding carboxylic acids is 1. The number of hydrogen-bond acceptors (Lipinski definition) is 6. The summed E-state index contributed by atoms with van der Waals surface area (Å²) in [5, 5.41) is 7.59. The monoisotopic (exact) mass is 485 g/mol. The van der Waals surface area contributed by atoms with Gasteiger partial charge in [-0.3, -0.25) is 9.48 Å². The fraction of sp³-hybridized carbons (Fsp3) is 0.217. The van der Waals surface area contributed by atoms with Crippen molar-refractivity contribution in [3.05, 3.63) is 76.4 Å². The number of amides is 1. The van der Waals surface area contributed by atoms with Gasteiger partial charge in [-0.1, -0.05) is 12.1 Å². The fourth-order valence-electron chi connectivity index (χ4n) is 4.22. The summed E-state index contributed by atoms with van der Waals surface area (Å²) in [6, 6.07) is 7.48. The van der Waals surface area contributed by atoms with E-state index in [0.717, 1.165) is 29.5 Å². The van der Waals surface area contributed by atoms with Crippen molar-refractivity contribution in [1.29, 1.82) is 0 Å². The number of aromatic nitrogens is 4. The van der Waals surface area contributed by atoms with Gasteiger partial charge in [0.25, 0.3) is 5.91 Å². The number of rotatable bonds is 5. The summed E-state index contributed by atoms with van der Waals surface area (Å²) in [6.45, 7) is 0.375. The minimum atomic E-state index is -4.73. The molecule has 35 heavy (non-hydrogen) atoms. The van der Waals surface area contributed by atoms with Crippen molar-refractivity contribution in [2.45, 2.75) is 25.8 Å². The highest BCUT2D eigenvalue weighted by Crippen LogP contribution is 2.34. The van der Waals surface area contributed by atoms with Crippen molar-refractivity contribution in [3.8, 4) is 0 Å². The van der Waals surface area contributed by atoms with E-state index < -0.39 is 35.6 Å². The lowest BCUT2D eigenvalue weighted by Crippen LogP contribution is -2.21. The molecule has 3 N–H and O–H groups in total. The third-order valence-electron chi connectivity index (χ3n) is 5.81. The second-order valence-electron chi connectivity index (χ2n) is 8.19. The number of hydrogen-bond donors (Lipinski definition) is 2. The van der Waals surface area contributed by atoms with Crippen LogP contribution in [-0.2, 0) is 32.9 Å². The van der Waals surface area contributed by atoms with Crippen LogP contribution in [0.4, 0.5) is 29.3 Å². The average Bonchev–Trinajstić information content (AvgIpc) is 3.34. The first-order valence-electron chi connectivity index (χ1n) is 10.6. The van der Waals surface area contributed by atoms with Gasteiger partial charge >= 0.3 is 6.18 Å². The molecule has 0 saturated carbocycles. The van der Waals surface area contributed by atoms with Gasteiger partial charge in [0.2, 0.25) is 5.95 Å². The summed E-state index contributed by atoms with van der Waals surface area (Å²) >= 11 is 0. The number of carbonyl (C=O) groups is 1. The molecule has 0 saturated heterocycles. The van der Waals surface area contributed by atoms with Crippen LogP contribution in [0.25, 0.3) is 10.9 Å². The summed E-state index contributed by atoms with van der Waals surface area (Å²) in [5.41, 5.74) is 6.10. The Bertz CT molecular complexity index is 1440. The van der Waals surface area contributed by atoms with Gasteiger partial charge in [0.15, 0.2) is 0 Å². The molecule has 2 aromatic carbocycles. The van der Waals surface area contributed by atoms with Crippen LogP contribution in [0.15, 0.2) is 42.6 Å². The number of alkyl halides is 3. The van der Waals surface area contributed by atoms with Crippen molar-refractivity contribution in [2.75, 3.05) is 10.2 Å². The molecule has 4 aromatic rings. The zero-order chi connectivity index (χ0) is 24.9. The largest absolute Gasteiger partial charge is 0.416 e. The Labute approximate surface area is 196 Å². The molecule has 12 heteroatoms. The standard InChI is InChI=1S/C23H19F4N7O/c1-33-9-12-10-34(11-18(12)32-33)22-30-19-13(20(28)35)4-2-5-14(19)21(31-22)29-8-15-16(23(25,26)27)6-3-7-17(15)24/h2-7,9H,8,10-11H2,1H3,(H2,28,35)(H,29,30,31). The minimum Gasteiger partial charge on any atom is -0.366 e. The second kappa shape index (κ2) is 8.22. The van der Waals surface area contributed by atoms with Gasteiger partial charge in [0, 0.05) is 42.8 Å². The van der Waals surface area contributed by atoms with E-state index in [0.29, 0.717) is 18.5 Å². The number of nitrogens with one attached hydrogen (secondary N) is 1. The molecule has 0 spiro atoms. The number of nitrogens with two attached hydrogens (primary N) is 1. The van der Waals surface area contributed by atoms with Crippen LogP contribution in [0.5, 0.6) is 0 Å². The van der Waals surface area contributed by atoms with Gasteiger partial charge in [-0.25, -0.2) is 9.37 Å². The molecule has 0 aliphatic carbocycles. The first-order valence-corrected chi connectivity index (χ1v) is 10.6. The Hall–Kier alpha value is -4.22. The Kier molecular flexibility index (Phi) is 5.30. The number of aryl methyl sites for hydroxylation is 1. The van der Waals surface area contributed by atoms with E-state index in [-0.39, 0.29) is 22.8 Å². The molecule has 0 bridgehead atoms. The maximum Gasteiger partial charge on any atom is 0.416 e. The molecule has 8 nitrogen and oxygen atoms in total. The Balaban J connectivity index is 1.57. The maximum atomic E-state index is 14.4. The topological polar surface area (TPSA) is 102 Å². The number of anilines is 2. The molecule has 1 aliphatic heterocycles. The van der Waals surface area contributed by atoms with Gasteiger partial charge in [-0.15, -0.1) is 0 Å². The van der Waals surface area contributed by atoms with E-state index in [1.165, 1.54) is 6.07 Å². The first kappa shape index (κ1) is 22.6. The van der Waals surface area contributed by atoms with E-state index >= 15 is 0 Å². The van der Waals surface area contributed by atoms with E-state index in [4.69, 9.17) is 5.73 Å². The van der Waals surface area contributed by atoms with Gasteiger partial charge < -0.3 is 16.0 Å². The van der Waals surface area contributed by atoms with Gasteiger partial charge in [0.1, 0.15) is 11.6 Å². The lowest BCUT2D eigenvalue weighted by atomic mass is 10.1. The zero-order valence-electron chi connectivity index (χ0n) is 18.4. The molecule has 1 amide bonds. The normalized spacial score (nSPS) is 13.3. The number of fused-ring (bicyclic) bond motifs is 2. The summed E-state index contributed by atoms with van der Waals surface area (Å²) in [4.78, 5) is 22.9. The molecular weight excluding hydrogens is 466 g/mol. The van der Waals surface area contributed by atoms with Crippen LogP contribution in [-0.4, -0.2) is 25.7 Å². The van der Waals surface area contributed by atoms with Crippen molar-refractivity contribution >= 4 is 28.6 Å². The van der Waals surface area contributed by atoms with Crippen molar-refractivity contribution in [2.24, 2.45) is 12.8 Å². The number of nitrogens with zero attached hydrogens (tertiary/aromatic N) is 5. The molecule has 5 rings (SSSR count). The highest BCUT2D eigenvalue weighted by atomic mass is 19.4. The third kappa shape index (κ3) is 4.11. The van der Waals surface area contributed by atoms with Crippen LogP contribution in [0.3, 0.4) is 0 Å². The molecule has 0 fully saturated rings. The van der Waals surface area contributed by atoms with Gasteiger partial charge in [-0.2, -0.15) is 23.3 Å². The lowest BCUT2D eigenvalue weighted by Gasteiger charge is -2.19. The molecule has 1 aliphatic rings. The molecule has 0 unspecified atom stereocenters. The van der Waals surface area contributed by atoms with E-state index in [1.54, 1.807) is 16.8 Å². The number of halogens is 4. The van der Waals surface area contributed by atoms with Crippen LogP contribution in [0.1, 0.15) is 32.7 Å². The average molecular weight is 485 g/mol. The Morgan fingerprint density at radius 2 is 1.91 bits per heavy atom. The zero-order valence-corrected chi connectivity index (χ0v) is 18.4. The van der Waals surface area contributed by atoms with Gasteiger partial charge in [-0.05, 0) is 24.3 Å². The molecule has 3 heterocycles. The van der Waals surface area contributed by atoms with Crippen molar-refractivity contribution in [3.63, 3.8) is 0 Å². The summed E-state index contributed by atoms with van der Waals surface area (Å²) in [5.74, 6) is -1.33. The number of primary amides is 1. The van der Waals surface area contributed by atoms with Crippen LogP contribution < -0.4 is 16.0 Å². The van der Waals surface area contributed by atoms with E-state index in [2.05, 4.69) is 20.4 Å². The third-order valence-corrected chi connectivity index (χ3v) is 5.81. The molecular formula is C23H19F4N7O. The molecule has 0 radical (unpaired) electrons. The predicted molar refractivity (Wildman–Crippen MR) is 120 cm³/mol. The fourth-order valence-corrected chi connectivity index (χ4v) is 4.22. The highest BCUT2D eigenvalue weighted by molar-refractivity contribution is 6.07. The smallest absolute Gasteiger partial charge is 0.366 e. The summed E-state index contributed by atoms with van der Waals surface area (Å²) in [6.07, 6.45) is -2.85. The maximum absolute atomic E-state index is 14.4. The first-order chi connectivity index (χ1) is 16.6.